The minimum Gasteiger partial charge on any atom is -0.404 e. The van der Waals surface area contributed by atoms with Crippen LogP contribution in [0.2, 0.25) is 5.02 Å². The second kappa shape index (κ2) is 8.78. The Morgan fingerprint density at radius 2 is 2.00 bits per heavy atom. The molecule has 0 saturated carbocycles. The summed E-state index contributed by atoms with van der Waals surface area (Å²) in [6, 6.07) is 4.49. The molecule has 1 N–H and O–H groups in total. The predicted molar refractivity (Wildman–Crippen MR) is 87.4 cm³/mol. The Kier molecular flexibility index (Phi) is 7.67. The lowest BCUT2D eigenvalue weighted by molar-refractivity contribution is -0.274. The fraction of sp³-hybridized carbons (Fsp3) is 0.467. The number of rotatable bonds is 5. The van der Waals surface area contributed by atoms with E-state index in [-0.39, 0.29) is 29.2 Å². The molecule has 1 aliphatic heterocycles. The van der Waals surface area contributed by atoms with Gasteiger partial charge in [0.2, 0.25) is 0 Å². The topological polar surface area (TPSA) is 24.5 Å². The first-order valence-corrected chi connectivity index (χ1v) is 7.39. The molecular formula is C15H19Cl2F3N2O. The maximum absolute atomic E-state index is 12.3. The van der Waals surface area contributed by atoms with E-state index in [4.69, 9.17) is 11.6 Å². The van der Waals surface area contributed by atoms with Gasteiger partial charge in [0.1, 0.15) is 5.75 Å². The largest absolute Gasteiger partial charge is 0.573 e. The van der Waals surface area contributed by atoms with E-state index in [0.29, 0.717) is 6.42 Å². The number of hydrogen-bond donors (Lipinski definition) is 1. The zero-order valence-corrected chi connectivity index (χ0v) is 14.0. The van der Waals surface area contributed by atoms with Gasteiger partial charge in [-0.15, -0.1) is 32.2 Å². The highest BCUT2D eigenvalue weighted by atomic mass is 35.5. The summed E-state index contributed by atoms with van der Waals surface area (Å²) in [7, 11) is 0. The number of halogens is 5. The van der Waals surface area contributed by atoms with Crippen molar-refractivity contribution in [3.63, 3.8) is 0 Å². The lowest BCUT2D eigenvalue weighted by atomic mass is 10.0. The monoisotopic (exact) mass is 370 g/mol. The molecule has 1 fully saturated rings. The lowest BCUT2D eigenvalue weighted by Gasteiger charge is -2.35. The fourth-order valence-corrected chi connectivity index (χ4v) is 2.81. The van der Waals surface area contributed by atoms with Gasteiger partial charge in [0.15, 0.2) is 0 Å². The van der Waals surface area contributed by atoms with Gasteiger partial charge >= 0.3 is 6.36 Å². The number of nitrogens with zero attached hydrogens (tertiary/aromatic N) is 1. The highest BCUT2D eigenvalue weighted by Crippen LogP contribution is 2.34. The average molecular weight is 371 g/mol. The van der Waals surface area contributed by atoms with Crippen LogP contribution in [0.1, 0.15) is 18.0 Å². The molecule has 0 aromatic heterocycles. The first-order valence-electron chi connectivity index (χ1n) is 7.01. The average Bonchev–Trinajstić information content (AvgIpc) is 2.47. The summed E-state index contributed by atoms with van der Waals surface area (Å²) < 4.78 is 40.7. The summed E-state index contributed by atoms with van der Waals surface area (Å²) >= 11 is 5.94. The van der Waals surface area contributed by atoms with Crippen molar-refractivity contribution in [1.29, 1.82) is 0 Å². The summed E-state index contributed by atoms with van der Waals surface area (Å²) in [5.41, 5.74) is 0.862. The first-order chi connectivity index (χ1) is 10.4. The van der Waals surface area contributed by atoms with Gasteiger partial charge in [0.05, 0.1) is 5.02 Å². The van der Waals surface area contributed by atoms with Crippen molar-refractivity contribution < 1.29 is 17.9 Å². The highest BCUT2D eigenvalue weighted by molar-refractivity contribution is 6.32. The molecule has 8 heteroatoms. The third kappa shape index (κ3) is 5.88. The number of hydrogen-bond acceptors (Lipinski definition) is 3. The molecule has 1 atom stereocenters. The van der Waals surface area contributed by atoms with E-state index in [0.717, 1.165) is 31.7 Å². The van der Waals surface area contributed by atoms with Gasteiger partial charge in [0, 0.05) is 32.2 Å². The summed E-state index contributed by atoms with van der Waals surface area (Å²) in [4.78, 5) is 2.27. The summed E-state index contributed by atoms with van der Waals surface area (Å²) in [6.07, 6.45) is -2.24. The normalized spacial score (nSPS) is 17.2. The molecule has 0 spiro atoms. The molecule has 1 saturated heterocycles. The Labute approximate surface area is 144 Å². The van der Waals surface area contributed by atoms with Crippen LogP contribution in [-0.4, -0.2) is 37.4 Å². The van der Waals surface area contributed by atoms with E-state index in [9.17, 15) is 13.2 Å². The summed E-state index contributed by atoms with van der Waals surface area (Å²) in [5.74, 6) is -0.379. The molecule has 2 rings (SSSR count). The van der Waals surface area contributed by atoms with E-state index in [2.05, 4.69) is 21.5 Å². The minimum absolute atomic E-state index is 0. The number of alkyl halides is 3. The lowest BCUT2D eigenvalue weighted by Crippen LogP contribution is -2.45. The van der Waals surface area contributed by atoms with Crippen LogP contribution in [0.3, 0.4) is 0 Å². The van der Waals surface area contributed by atoms with Gasteiger partial charge in [0.25, 0.3) is 0 Å². The summed E-state index contributed by atoms with van der Waals surface area (Å²) in [6.45, 7) is 7.28. The van der Waals surface area contributed by atoms with Crippen LogP contribution < -0.4 is 10.1 Å². The van der Waals surface area contributed by atoms with Crippen molar-refractivity contribution in [2.24, 2.45) is 0 Å². The van der Waals surface area contributed by atoms with Crippen molar-refractivity contribution >= 4 is 24.0 Å². The van der Waals surface area contributed by atoms with Gasteiger partial charge in [-0.25, -0.2) is 0 Å². The highest BCUT2D eigenvalue weighted by Gasteiger charge is 2.32. The second-order valence-corrected chi connectivity index (χ2v) is 5.47. The maximum Gasteiger partial charge on any atom is 0.573 e. The fourth-order valence-electron chi connectivity index (χ4n) is 2.58. The Morgan fingerprint density at radius 1 is 1.35 bits per heavy atom. The molecule has 1 aliphatic rings. The van der Waals surface area contributed by atoms with E-state index in [1.165, 1.54) is 6.07 Å². The maximum atomic E-state index is 12.3. The van der Waals surface area contributed by atoms with Crippen LogP contribution in [0.5, 0.6) is 5.75 Å². The van der Waals surface area contributed by atoms with Gasteiger partial charge in [-0.2, -0.15) is 0 Å². The van der Waals surface area contributed by atoms with Gasteiger partial charge in [-0.05, 0) is 24.1 Å². The molecule has 0 aliphatic carbocycles. The van der Waals surface area contributed by atoms with Crippen molar-refractivity contribution in [2.75, 3.05) is 26.2 Å². The van der Waals surface area contributed by atoms with Crippen LogP contribution in [0.4, 0.5) is 13.2 Å². The number of nitrogens with one attached hydrogen (secondary N) is 1. The Hall–Kier alpha value is -0.950. The summed E-state index contributed by atoms with van der Waals surface area (Å²) in [5, 5.41) is 3.23. The standard InChI is InChI=1S/C15H18ClF3N2O.ClH/c1-2-3-13(21-8-6-20-7-9-21)11-4-5-14(12(16)10-11)22-15(17,18)19;/h2,4-5,10,13,20H,1,3,6-9H2;1H/t13-;/m0./s1. The molecule has 0 bridgehead atoms. The molecule has 23 heavy (non-hydrogen) atoms. The molecular weight excluding hydrogens is 352 g/mol. The van der Waals surface area contributed by atoms with Gasteiger partial charge < -0.3 is 10.1 Å². The van der Waals surface area contributed by atoms with Crippen molar-refractivity contribution in [3.8, 4) is 5.75 Å². The Balaban J connectivity index is 0.00000264. The molecule has 1 aromatic rings. The zero-order valence-electron chi connectivity index (χ0n) is 12.4. The first kappa shape index (κ1) is 20.1. The molecule has 130 valence electrons. The predicted octanol–water partition coefficient (Wildman–Crippen LogP) is 4.18. The van der Waals surface area contributed by atoms with Crippen LogP contribution in [0, 0.1) is 0 Å². The Morgan fingerprint density at radius 3 is 2.52 bits per heavy atom. The van der Waals surface area contributed by atoms with E-state index < -0.39 is 6.36 Å². The van der Waals surface area contributed by atoms with Gasteiger partial charge in [-0.3, -0.25) is 4.90 Å². The van der Waals surface area contributed by atoms with Crippen LogP contribution in [0.15, 0.2) is 30.9 Å². The van der Waals surface area contributed by atoms with Crippen LogP contribution in [-0.2, 0) is 0 Å². The number of piperazine rings is 1. The second-order valence-electron chi connectivity index (χ2n) is 5.06. The smallest absolute Gasteiger partial charge is 0.404 e. The molecule has 0 unspecified atom stereocenters. The van der Waals surface area contributed by atoms with Crippen LogP contribution in [0.25, 0.3) is 0 Å². The zero-order chi connectivity index (χ0) is 16.2. The SMILES string of the molecule is C=CC[C@@H](c1ccc(OC(F)(F)F)c(Cl)c1)N1CCNCC1.Cl. The number of ether oxygens (including phenoxy) is 1. The third-order valence-electron chi connectivity index (χ3n) is 3.55. The molecule has 3 nitrogen and oxygen atoms in total. The van der Waals surface area contributed by atoms with E-state index in [1.54, 1.807) is 18.2 Å². The van der Waals surface area contributed by atoms with E-state index in [1.807, 2.05) is 0 Å². The van der Waals surface area contributed by atoms with Crippen molar-refractivity contribution in [2.45, 2.75) is 18.8 Å². The molecule has 0 radical (unpaired) electrons. The Bertz CT molecular complexity index is 520. The molecule has 1 heterocycles. The van der Waals surface area contributed by atoms with Gasteiger partial charge in [-0.1, -0.05) is 23.7 Å². The molecule has 1 aromatic carbocycles. The van der Waals surface area contributed by atoms with Crippen molar-refractivity contribution in [1.82, 2.24) is 10.2 Å². The quantitative estimate of drug-likeness (QED) is 0.786. The van der Waals surface area contributed by atoms with E-state index >= 15 is 0 Å². The molecule has 0 amide bonds. The van der Waals surface area contributed by atoms with Crippen molar-refractivity contribution in [3.05, 3.63) is 41.4 Å². The number of benzene rings is 1. The third-order valence-corrected chi connectivity index (χ3v) is 3.84. The van der Waals surface area contributed by atoms with Crippen LogP contribution >= 0.6 is 24.0 Å². The minimum atomic E-state index is -4.75.